The van der Waals surface area contributed by atoms with Crippen LogP contribution in [-0.4, -0.2) is 21.2 Å². The average Bonchev–Trinajstić information content (AvgIpc) is 3.02. The van der Waals surface area contributed by atoms with Crippen molar-refractivity contribution in [1.82, 2.24) is 14.6 Å². The fourth-order valence-corrected chi connectivity index (χ4v) is 3.67. The summed E-state index contributed by atoms with van der Waals surface area (Å²) in [6.45, 7) is 2.63. The molecule has 0 aliphatic heterocycles. The van der Waals surface area contributed by atoms with Gasteiger partial charge in [0.1, 0.15) is 5.75 Å². The van der Waals surface area contributed by atoms with Gasteiger partial charge < -0.3 is 4.74 Å². The molecule has 4 rings (SSSR count). The van der Waals surface area contributed by atoms with Crippen LogP contribution >= 0.6 is 11.3 Å². The standard InChI is InChI=1S/C21H17N3O3S/c1-2-12-27-16-11-7-6-10-15(16)13-17-20(26)24-21(28-17)22-19(25)18(23-24)14-8-4-3-5-9-14/h3-11,13H,2,12H2,1H3. The lowest BCUT2D eigenvalue weighted by atomic mass is 10.2. The van der Waals surface area contributed by atoms with Crippen molar-refractivity contribution in [1.29, 1.82) is 0 Å². The third-order valence-electron chi connectivity index (χ3n) is 4.10. The predicted octanol–water partition coefficient (Wildman–Crippen LogP) is 2.51. The van der Waals surface area contributed by atoms with E-state index in [4.69, 9.17) is 4.74 Å². The molecular weight excluding hydrogens is 374 g/mol. The molecule has 0 amide bonds. The molecule has 0 bridgehead atoms. The Hall–Kier alpha value is -3.32. The van der Waals surface area contributed by atoms with Gasteiger partial charge in [-0.25, -0.2) is 0 Å². The van der Waals surface area contributed by atoms with E-state index < -0.39 is 5.56 Å². The molecule has 0 fully saturated rings. The molecule has 0 atom stereocenters. The molecule has 4 aromatic rings. The van der Waals surface area contributed by atoms with E-state index in [1.807, 2.05) is 49.4 Å². The number of ether oxygens (including phenoxy) is 1. The summed E-state index contributed by atoms with van der Waals surface area (Å²) in [5, 5.41) is 4.27. The van der Waals surface area contributed by atoms with E-state index >= 15 is 0 Å². The number of nitrogens with zero attached hydrogens (tertiary/aromatic N) is 3. The first-order chi connectivity index (χ1) is 13.7. The van der Waals surface area contributed by atoms with Crippen LogP contribution in [-0.2, 0) is 0 Å². The fourth-order valence-electron chi connectivity index (χ4n) is 2.77. The van der Waals surface area contributed by atoms with Crippen molar-refractivity contribution in [3.05, 3.63) is 85.4 Å². The molecule has 2 aromatic carbocycles. The van der Waals surface area contributed by atoms with E-state index in [-0.39, 0.29) is 16.2 Å². The van der Waals surface area contributed by atoms with Crippen molar-refractivity contribution in [3.63, 3.8) is 0 Å². The number of aromatic nitrogens is 3. The van der Waals surface area contributed by atoms with Crippen molar-refractivity contribution in [2.75, 3.05) is 6.61 Å². The number of fused-ring (bicyclic) bond motifs is 1. The lowest BCUT2D eigenvalue weighted by Crippen LogP contribution is -2.26. The van der Waals surface area contributed by atoms with Crippen LogP contribution in [0.25, 0.3) is 22.3 Å². The third kappa shape index (κ3) is 3.44. The van der Waals surface area contributed by atoms with Gasteiger partial charge in [0.15, 0.2) is 5.69 Å². The number of hydrogen-bond acceptors (Lipinski definition) is 6. The Kier molecular flexibility index (Phi) is 4.99. The number of para-hydroxylation sites is 1. The van der Waals surface area contributed by atoms with E-state index in [9.17, 15) is 9.59 Å². The number of benzene rings is 2. The van der Waals surface area contributed by atoms with Crippen LogP contribution in [0.2, 0.25) is 0 Å². The van der Waals surface area contributed by atoms with Crippen LogP contribution in [0, 0.1) is 0 Å². The van der Waals surface area contributed by atoms with Crippen LogP contribution in [0.4, 0.5) is 0 Å². The second-order valence-corrected chi connectivity index (χ2v) is 7.14. The second kappa shape index (κ2) is 7.74. The minimum absolute atomic E-state index is 0.159. The van der Waals surface area contributed by atoms with Crippen LogP contribution in [0.3, 0.4) is 0 Å². The van der Waals surface area contributed by atoms with Crippen LogP contribution < -0.4 is 20.4 Å². The highest BCUT2D eigenvalue weighted by Gasteiger charge is 2.12. The molecule has 28 heavy (non-hydrogen) atoms. The summed E-state index contributed by atoms with van der Waals surface area (Å²) in [5.74, 6) is 0.710. The highest BCUT2D eigenvalue weighted by Crippen LogP contribution is 2.19. The normalized spacial score (nSPS) is 11.8. The smallest absolute Gasteiger partial charge is 0.300 e. The maximum Gasteiger partial charge on any atom is 0.300 e. The first-order valence-electron chi connectivity index (χ1n) is 8.90. The van der Waals surface area contributed by atoms with Crippen molar-refractivity contribution in [3.8, 4) is 17.0 Å². The molecule has 2 heterocycles. The Morgan fingerprint density at radius 2 is 1.82 bits per heavy atom. The summed E-state index contributed by atoms with van der Waals surface area (Å²) in [4.78, 5) is 29.6. The summed E-state index contributed by atoms with van der Waals surface area (Å²) in [6, 6.07) is 16.5. The second-order valence-electron chi connectivity index (χ2n) is 6.13. The van der Waals surface area contributed by atoms with Gasteiger partial charge in [-0.2, -0.15) is 14.6 Å². The summed E-state index contributed by atoms with van der Waals surface area (Å²) in [6.07, 6.45) is 2.64. The first-order valence-corrected chi connectivity index (χ1v) is 9.72. The number of hydrogen-bond donors (Lipinski definition) is 0. The Balaban J connectivity index is 1.87. The zero-order chi connectivity index (χ0) is 19.5. The van der Waals surface area contributed by atoms with Gasteiger partial charge in [-0.15, -0.1) is 0 Å². The Morgan fingerprint density at radius 1 is 1.07 bits per heavy atom. The summed E-state index contributed by atoms with van der Waals surface area (Å²) >= 11 is 1.14. The summed E-state index contributed by atoms with van der Waals surface area (Å²) < 4.78 is 7.38. The predicted molar refractivity (Wildman–Crippen MR) is 110 cm³/mol. The molecule has 0 saturated heterocycles. The van der Waals surface area contributed by atoms with E-state index in [1.165, 1.54) is 4.52 Å². The Labute approximate surface area is 164 Å². The highest BCUT2D eigenvalue weighted by atomic mass is 32.1. The van der Waals surface area contributed by atoms with Gasteiger partial charge in [-0.3, -0.25) is 9.59 Å². The van der Waals surface area contributed by atoms with E-state index in [0.717, 1.165) is 23.3 Å². The van der Waals surface area contributed by atoms with Crippen LogP contribution in [0.15, 0.2) is 64.2 Å². The van der Waals surface area contributed by atoms with Crippen molar-refractivity contribution in [2.45, 2.75) is 13.3 Å². The molecule has 0 N–H and O–H groups in total. The third-order valence-corrected chi connectivity index (χ3v) is 5.06. The zero-order valence-electron chi connectivity index (χ0n) is 15.2. The summed E-state index contributed by atoms with van der Waals surface area (Å²) in [7, 11) is 0. The topological polar surface area (TPSA) is 73.6 Å². The largest absolute Gasteiger partial charge is 0.493 e. The minimum Gasteiger partial charge on any atom is -0.493 e. The van der Waals surface area contributed by atoms with Gasteiger partial charge in [0, 0.05) is 11.1 Å². The lowest BCUT2D eigenvalue weighted by Gasteiger charge is -2.07. The Bertz CT molecular complexity index is 1300. The molecule has 0 unspecified atom stereocenters. The van der Waals surface area contributed by atoms with Gasteiger partial charge in [-0.1, -0.05) is 66.8 Å². The Morgan fingerprint density at radius 3 is 2.61 bits per heavy atom. The van der Waals surface area contributed by atoms with Gasteiger partial charge in [0.2, 0.25) is 4.96 Å². The van der Waals surface area contributed by atoms with Gasteiger partial charge >= 0.3 is 5.56 Å². The number of rotatable bonds is 5. The molecule has 0 saturated carbocycles. The molecule has 0 aliphatic carbocycles. The average molecular weight is 391 g/mol. The van der Waals surface area contributed by atoms with Crippen LogP contribution in [0.1, 0.15) is 18.9 Å². The van der Waals surface area contributed by atoms with Crippen molar-refractivity contribution >= 4 is 22.4 Å². The maximum absolute atomic E-state index is 12.8. The van der Waals surface area contributed by atoms with E-state index in [1.54, 1.807) is 18.2 Å². The quantitative estimate of drug-likeness (QED) is 0.523. The van der Waals surface area contributed by atoms with Gasteiger partial charge in [0.05, 0.1) is 11.1 Å². The molecule has 6 nitrogen and oxygen atoms in total. The molecular formula is C21H17N3O3S. The lowest BCUT2D eigenvalue weighted by molar-refractivity contribution is 0.317. The fraction of sp³-hybridized carbons (Fsp3) is 0.143. The van der Waals surface area contributed by atoms with Crippen molar-refractivity contribution in [2.24, 2.45) is 0 Å². The molecule has 0 spiro atoms. The number of thiazole rings is 1. The zero-order valence-corrected chi connectivity index (χ0v) is 16.0. The molecule has 0 radical (unpaired) electrons. The molecule has 2 aromatic heterocycles. The minimum atomic E-state index is -0.453. The first kappa shape index (κ1) is 18.1. The van der Waals surface area contributed by atoms with Crippen molar-refractivity contribution < 1.29 is 4.74 Å². The molecule has 7 heteroatoms. The monoisotopic (exact) mass is 391 g/mol. The molecule has 0 aliphatic rings. The van der Waals surface area contributed by atoms with Crippen LogP contribution in [0.5, 0.6) is 5.75 Å². The van der Waals surface area contributed by atoms with E-state index in [0.29, 0.717) is 22.5 Å². The van der Waals surface area contributed by atoms with Gasteiger partial charge in [-0.05, 0) is 18.6 Å². The SMILES string of the molecule is CCCOc1ccccc1C=c1sc2nc(=O)c(-c3ccccc3)nn2c1=O. The molecule has 140 valence electrons. The summed E-state index contributed by atoms with van der Waals surface area (Å²) in [5.41, 5.74) is 0.821. The van der Waals surface area contributed by atoms with E-state index in [2.05, 4.69) is 10.1 Å². The highest BCUT2D eigenvalue weighted by molar-refractivity contribution is 7.15. The van der Waals surface area contributed by atoms with Gasteiger partial charge in [0.25, 0.3) is 5.56 Å². The maximum atomic E-state index is 12.8.